The minimum Gasteiger partial charge on any atom is -0.305 e. The van der Waals surface area contributed by atoms with Gasteiger partial charge in [-0.1, -0.05) is 78.9 Å². The van der Waals surface area contributed by atoms with Crippen LogP contribution in [-0.4, -0.2) is 11.7 Å². The summed E-state index contributed by atoms with van der Waals surface area (Å²) in [4.78, 5) is 17.1. The summed E-state index contributed by atoms with van der Waals surface area (Å²) in [6.07, 6.45) is 1.90. The summed E-state index contributed by atoms with van der Waals surface area (Å²) in [6.45, 7) is 0. The Morgan fingerprint density at radius 3 is 2.00 bits per heavy atom. The van der Waals surface area contributed by atoms with Gasteiger partial charge in [-0.2, -0.15) is 0 Å². The fourth-order valence-electron chi connectivity index (χ4n) is 3.54. The van der Waals surface area contributed by atoms with Gasteiger partial charge in [-0.3, -0.25) is 4.79 Å². The predicted octanol–water partition coefficient (Wildman–Crippen LogP) is 4.91. The molecule has 1 aliphatic rings. The Kier molecular flexibility index (Phi) is 3.58. The van der Waals surface area contributed by atoms with Crippen LogP contribution in [0.15, 0.2) is 95.6 Å². The summed E-state index contributed by atoms with van der Waals surface area (Å²) in [5.41, 5.74) is 2.35. The Morgan fingerprint density at radius 1 is 0.741 bits per heavy atom. The SMILES string of the molecule is O=C1NC(c2ccccc2)=N/C1=C\c1c2ccccc2cc2ccccc12. The quantitative estimate of drug-likeness (QED) is 0.406. The number of carbonyl (C=O) groups excluding carboxylic acids is 1. The fourth-order valence-corrected chi connectivity index (χ4v) is 3.54. The first-order valence-corrected chi connectivity index (χ1v) is 8.87. The van der Waals surface area contributed by atoms with E-state index in [1.165, 1.54) is 0 Å². The number of benzene rings is 4. The van der Waals surface area contributed by atoms with Crippen molar-refractivity contribution in [2.45, 2.75) is 0 Å². The summed E-state index contributed by atoms with van der Waals surface area (Å²) in [5, 5.41) is 7.40. The average Bonchev–Trinajstić information content (AvgIpc) is 3.09. The Balaban J connectivity index is 1.73. The number of rotatable bonds is 2. The van der Waals surface area contributed by atoms with E-state index in [1.807, 2.05) is 60.7 Å². The van der Waals surface area contributed by atoms with Crippen molar-refractivity contribution in [3.05, 3.63) is 102 Å². The second-order valence-electron chi connectivity index (χ2n) is 6.54. The van der Waals surface area contributed by atoms with Crippen molar-refractivity contribution in [2.75, 3.05) is 0 Å². The molecule has 0 saturated heterocycles. The molecule has 0 bridgehead atoms. The molecule has 0 aliphatic carbocycles. The van der Waals surface area contributed by atoms with Gasteiger partial charge in [0, 0.05) is 5.56 Å². The molecule has 4 aromatic rings. The molecule has 27 heavy (non-hydrogen) atoms. The van der Waals surface area contributed by atoms with Gasteiger partial charge in [0.1, 0.15) is 11.5 Å². The third-order valence-electron chi connectivity index (χ3n) is 4.84. The molecule has 1 N–H and O–H groups in total. The first kappa shape index (κ1) is 15.5. The maximum absolute atomic E-state index is 12.5. The Morgan fingerprint density at radius 2 is 1.33 bits per heavy atom. The molecule has 5 rings (SSSR count). The minimum atomic E-state index is -0.175. The smallest absolute Gasteiger partial charge is 0.275 e. The second-order valence-corrected chi connectivity index (χ2v) is 6.54. The number of amidine groups is 1. The van der Waals surface area contributed by atoms with Gasteiger partial charge in [0.05, 0.1) is 0 Å². The largest absolute Gasteiger partial charge is 0.305 e. The number of hydrogen-bond donors (Lipinski definition) is 1. The zero-order valence-electron chi connectivity index (χ0n) is 14.5. The molecule has 1 heterocycles. The number of nitrogens with one attached hydrogen (secondary N) is 1. The van der Waals surface area contributed by atoms with Crippen molar-refractivity contribution in [1.29, 1.82) is 0 Å². The summed E-state index contributed by atoms with van der Waals surface area (Å²) >= 11 is 0. The number of nitrogens with zero attached hydrogens (tertiary/aromatic N) is 1. The highest BCUT2D eigenvalue weighted by atomic mass is 16.2. The zero-order valence-corrected chi connectivity index (χ0v) is 14.5. The van der Waals surface area contributed by atoms with Crippen molar-refractivity contribution in [3.8, 4) is 0 Å². The van der Waals surface area contributed by atoms with Crippen LogP contribution in [0.3, 0.4) is 0 Å². The highest BCUT2D eigenvalue weighted by Crippen LogP contribution is 2.31. The number of amides is 1. The molecule has 3 heteroatoms. The minimum absolute atomic E-state index is 0.175. The lowest BCUT2D eigenvalue weighted by Crippen LogP contribution is -2.24. The third kappa shape index (κ3) is 2.70. The van der Waals surface area contributed by atoms with Crippen molar-refractivity contribution in [3.63, 3.8) is 0 Å². The normalized spacial score (nSPS) is 15.3. The highest BCUT2D eigenvalue weighted by Gasteiger charge is 2.21. The first-order chi connectivity index (χ1) is 13.3. The Bertz CT molecular complexity index is 1200. The highest BCUT2D eigenvalue weighted by molar-refractivity contribution is 6.21. The molecular formula is C24H16N2O. The lowest BCUT2D eigenvalue weighted by atomic mass is 9.96. The topological polar surface area (TPSA) is 41.5 Å². The molecule has 4 aromatic carbocycles. The van der Waals surface area contributed by atoms with E-state index in [0.29, 0.717) is 11.5 Å². The van der Waals surface area contributed by atoms with E-state index in [4.69, 9.17) is 0 Å². The number of aliphatic imine (C=N–C) groups is 1. The van der Waals surface area contributed by atoms with Crippen LogP contribution < -0.4 is 5.32 Å². The van der Waals surface area contributed by atoms with E-state index < -0.39 is 0 Å². The summed E-state index contributed by atoms with van der Waals surface area (Å²) in [5.74, 6) is 0.419. The molecule has 3 nitrogen and oxygen atoms in total. The standard InChI is InChI=1S/C24H16N2O/c27-24-22(25-23(26-24)16-8-2-1-3-9-16)15-21-19-12-6-4-10-17(19)14-18-11-5-7-13-20(18)21/h1-15H,(H,25,26,27)/b22-15-. The molecule has 0 fully saturated rings. The second kappa shape index (κ2) is 6.22. The van der Waals surface area contributed by atoms with Gasteiger partial charge >= 0.3 is 0 Å². The molecule has 1 amide bonds. The average molecular weight is 348 g/mol. The van der Waals surface area contributed by atoms with E-state index in [0.717, 1.165) is 32.7 Å². The molecule has 1 aliphatic heterocycles. The van der Waals surface area contributed by atoms with Gasteiger partial charge in [-0.25, -0.2) is 4.99 Å². The van der Waals surface area contributed by atoms with Crippen LogP contribution in [0.5, 0.6) is 0 Å². The van der Waals surface area contributed by atoms with Crippen LogP contribution in [-0.2, 0) is 4.79 Å². The molecular weight excluding hydrogens is 332 g/mol. The lowest BCUT2D eigenvalue weighted by molar-refractivity contribution is -0.115. The summed E-state index contributed by atoms with van der Waals surface area (Å²) in [6, 6.07) is 28.3. The third-order valence-corrected chi connectivity index (χ3v) is 4.84. The molecule has 0 aromatic heterocycles. The van der Waals surface area contributed by atoms with Gasteiger partial charge in [-0.05, 0) is 39.3 Å². The first-order valence-electron chi connectivity index (χ1n) is 8.87. The fraction of sp³-hybridized carbons (Fsp3) is 0. The van der Waals surface area contributed by atoms with E-state index in [1.54, 1.807) is 0 Å². The van der Waals surface area contributed by atoms with Crippen LogP contribution in [0.4, 0.5) is 0 Å². The lowest BCUT2D eigenvalue weighted by Gasteiger charge is -2.08. The van der Waals surface area contributed by atoms with Crippen LogP contribution in [0, 0.1) is 0 Å². The molecule has 0 radical (unpaired) electrons. The van der Waals surface area contributed by atoms with Gasteiger partial charge in [-0.15, -0.1) is 0 Å². The van der Waals surface area contributed by atoms with Gasteiger partial charge in [0.15, 0.2) is 0 Å². The Labute approximate surface area is 156 Å². The van der Waals surface area contributed by atoms with Crippen LogP contribution in [0.1, 0.15) is 11.1 Å². The van der Waals surface area contributed by atoms with Crippen LogP contribution in [0.2, 0.25) is 0 Å². The van der Waals surface area contributed by atoms with Gasteiger partial charge < -0.3 is 5.32 Å². The molecule has 0 unspecified atom stereocenters. The van der Waals surface area contributed by atoms with Crippen molar-refractivity contribution in [1.82, 2.24) is 5.32 Å². The summed E-state index contributed by atoms with van der Waals surface area (Å²) in [7, 11) is 0. The van der Waals surface area contributed by atoms with Crippen LogP contribution in [0.25, 0.3) is 27.6 Å². The van der Waals surface area contributed by atoms with E-state index in [9.17, 15) is 4.79 Å². The molecule has 0 atom stereocenters. The van der Waals surface area contributed by atoms with Crippen molar-refractivity contribution < 1.29 is 4.79 Å². The monoisotopic (exact) mass is 348 g/mol. The van der Waals surface area contributed by atoms with E-state index in [2.05, 4.69) is 40.6 Å². The molecule has 0 saturated carbocycles. The number of fused-ring (bicyclic) bond motifs is 2. The van der Waals surface area contributed by atoms with E-state index >= 15 is 0 Å². The molecule has 0 spiro atoms. The zero-order chi connectivity index (χ0) is 18.2. The van der Waals surface area contributed by atoms with E-state index in [-0.39, 0.29) is 5.91 Å². The number of carbonyl (C=O) groups is 1. The van der Waals surface area contributed by atoms with Crippen LogP contribution >= 0.6 is 0 Å². The van der Waals surface area contributed by atoms with Crippen molar-refractivity contribution in [2.24, 2.45) is 4.99 Å². The Hall–Kier alpha value is -3.72. The number of hydrogen-bond acceptors (Lipinski definition) is 2. The van der Waals surface area contributed by atoms with Gasteiger partial charge in [0.25, 0.3) is 5.91 Å². The van der Waals surface area contributed by atoms with Gasteiger partial charge in [0.2, 0.25) is 0 Å². The molecule has 128 valence electrons. The summed E-state index contributed by atoms with van der Waals surface area (Å²) < 4.78 is 0. The predicted molar refractivity (Wildman–Crippen MR) is 111 cm³/mol. The maximum atomic E-state index is 12.5. The van der Waals surface area contributed by atoms with Crippen molar-refractivity contribution >= 4 is 39.4 Å². The maximum Gasteiger partial charge on any atom is 0.275 e.